The van der Waals surface area contributed by atoms with Gasteiger partial charge in [0.25, 0.3) is 0 Å². The van der Waals surface area contributed by atoms with Gasteiger partial charge in [-0.25, -0.2) is 0 Å². The van der Waals surface area contributed by atoms with Crippen molar-refractivity contribution in [3.8, 4) is 0 Å². The third-order valence-electron chi connectivity index (χ3n) is 8.52. The first kappa shape index (κ1) is 15.8. The Morgan fingerprint density at radius 3 is 2.48 bits per heavy atom. The van der Waals surface area contributed by atoms with Gasteiger partial charge in [-0.2, -0.15) is 0 Å². The first-order valence-corrected chi connectivity index (χ1v) is 9.54. The lowest BCUT2D eigenvalue weighted by atomic mass is 9.53. The van der Waals surface area contributed by atoms with E-state index < -0.39 is 5.60 Å². The summed E-state index contributed by atoms with van der Waals surface area (Å²) in [5.74, 6) is 2.30. The Morgan fingerprint density at radius 1 is 1.00 bits per heavy atom. The molecule has 0 aromatic rings. The zero-order valence-corrected chi connectivity index (χ0v) is 14.7. The molecule has 23 heavy (non-hydrogen) atoms. The zero-order valence-electron chi connectivity index (χ0n) is 14.7. The molecule has 4 aliphatic carbocycles. The van der Waals surface area contributed by atoms with Crippen molar-refractivity contribution < 1.29 is 14.7 Å². The summed E-state index contributed by atoms with van der Waals surface area (Å²) in [5.41, 5.74) is -0.600. The summed E-state index contributed by atoms with van der Waals surface area (Å²) in [6.45, 7) is 6.51. The molecule has 0 radical (unpaired) electrons. The fourth-order valence-corrected chi connectivity index (χ4v) is 7.12. The van der Waals surface area contributed by atoms with Crippen molar-refractivity contribution >= 4 is 11.6 Å². The molecule has 4 saturated carbocycles. The van der Waals surface area contributed by atoms with Crippen LogP contribution in [0, 0.1) is 40.9 Å². The van der Waals surface area contributed by atoms with Crippen LogP contribution in [-0.4, -0.2) is 22.3 Å². The highest BCUT2D eigenvalue weighted by atomic mass is 16.3. The number of Topliss-reactive ketones (excluding diaryl/α,β-unsaturated/α-hetero) is 2. The van der Waals surface area contributed by atoms with E-state index in [0.717, 1.165) is 32.1 Å². The molecule has 4 rings (SSSR count). The van der Waals surface area contributed by atoms with Crippen LogP contribution in [0.25, 0.3) is 0 Å². The van der Waals surface area contributed by atoms with Crippen molar-refractivity contribution in [1.29, 1.82) is 0 Å². The van der Waals surface area contributed by atoms with Gasteiger partial charge < -0.3 is 5.11 Å². The smallest absolute Gasteiger partial charge is 0.143 e. The Labute approximate surface area is 139 Å². The van der Waals surface area contributed by atoms with Crippen LogP contribution in [0.1, 0.15) is 65.7 Å². The quantitative estimate of drug-likeness (QED) is 0.697. The molecule has 0 aromatic heterocycles. The summed E-state index contributed by atoms with van der Waals surface area (Å²) in [4.78, 5) is 25.0. The van der Waals surface area contributed by atoms with Gasteiger partial charge >= 0.3 is 0 Å². The Balaban J connectivity index is 1.74. The van der Waals surface area contributed by atoms with Gasteiger partial charge in [0, 0.05) is 12.8 Å². The molecule has 0 aromatic carbocycles. The van der Waals surface area contributed by atoms with Crippen LogP contribution in [0.5, 0.6) is 0 Å². The first-order valence-electron chi connectivity index (χ1n) is 9.54. The fourth-order valence-electron chi connectivity index (χ4n) is 7.12. The van der Waals surface area contributed by atoms with E-state index in [2.05, 4.69) is 13.8 Å². The minimum absolute atomic E-state index is 0.0199. The Morgan fingerprint density at radius 2 is 1.74 bits per heavy atom. The van der Waals surface area contributed by atoms with E-state index in [4.69, 9.17) is 0 Å². The molecule has 5 unspecified atom stereocenters. The molecule has 0 spiro atoms. The normalized spacial score (nSPS) is 56.0. The van der Waals surface area contributed by atoms with Crippen molar-refractivity contribution in [3.05, 3.63) is 0 Å². The van der Waals surface area contributed by atoms with E-state index >= 15 is 0 Å². The number of hydrogen-bond acceptors (Lipinski definition) is 3. The van der Waals surface area contributed by atoms with E-state index in [0.29, 0.717) is 42.4 Å². The molecule has 0 bridgehead atoms. The Bertz CT molecular complexity index is 551. The second-order valence-electron chi connectivity index (χ2n) is 9.41. The molecule has 0 aliphatic heterocycles. The maximum absolute atomic E-state index is 12.7. The minimum atomic E-state index is -0.580. The van der Waals surface area contributed by atoms with Crippen molar-refractivity contribution in [3.63, 3.8) is 0 Å². The van der Waals surface area contributed by atoms with Crippen molar-refractivity contribution in [1.82, 2.24) is 0 Å². The third-order valence-corrected chi connectivity index (χ3v) is 8.52. The summed E-state index contributed by atoms with van der Waals surface area (Å²) >= 11 is 0. The van der Waals surface area contributed by atoms with E-state index in [1.54, 1.807) is 0 Å². The standard InChI is InChI=1S/C20H30O3/c1-11-10-16(22)18-12(4-5-15(18)21)13-6-8-19(2)14(17(11)13)7-9-20(19,3)23/h11-14,17-18,23H,4-10H2,1-3H3/t11-,12?,13?,14?,17?,18?,19+,20+/m1/s1. The SMILES string of the molecule is C[C@@H]1CC(=O)C2C(=O)CCC2C2CC[C@@]3(C)C(CC[C@]3(C)O)C21. The lowest BCUT2D eigenvalue weighted by molar-refractivity contribution is -0.132. The van der Waals surface area contributed by atoms with Crippen molar-refractivity contribution in [2.45, 2.75) is 71.3 Å². The predicted molar refractivity (Wildman–Crippen MR) is 87.7 cm³/mol. The minimum Gasteiger partial charge on any atom is -0.390 e. The van der Waals surface area contributed by atoms with Crippen LogP contribution in [0.2, 0.25) is 0 Å². The van der Waals surface area contributed by atoms with Gasteiger partial charge in [-0.3, -0.25) is 9.59 Å². The largest absolute Gasteiger partial charge is 0.390 e. The van der Waals surface area contributed by atoms with Crippen LogP contribution in [0.3, 0.4) is 0 Å². The molecule has 0 saturated heterocycles. The number of fused-ring (bicyclic) bond motifs is 5. The van der Waals surface area contributed by atoms with Crippen LogP contribution >= 0.6 is 0 Å². The van der Waals surface area contributed by atoms with Crippen molar-refractivity contribution in [2.75, 3.05) is 0 Å². The second kappa shape index (κ2) is 4.91. The summed E-state index contributed by atoms with van der Waals surface area (Å²) in [6.07, 6.45) is 6.19. The topological polar surface area (TPSA) is 54.4 Å². The van der Waals surface area contributed by atoms with Crippen LogP contribution in [0.4, 0.5) is 0 Å². The van der Waals surface area contributed by atoms with Gasteiger partial charge in [0.15, 0.2) is 0 Å². The number of aliphatic hydroxyl groups is 1. The second-order valence-corrected chi connectivity index (χ2v) is 9.41. The van der Waals surface area contributed by atoms with Gasteiger partial charge in [0.2, 0.25) is 0 Å². The highest BCUT2D eigenvalue weighted by molar-refractivity contribution is 6.04. The number of ketones is 2. The highest BCUT2D eigenvalue weighted by Gasteiger charge is 2.62. The van der Waals surface area contributed by atoms with Gasteiger partial charge in [-0.05, 0) is 74.0 Å². The maximum atomic E-state index is 12.7. The predicted octanol–water partition coefficient (Wildman–Crippen LogP) is 3.38. The molecule has 3 nitrogen and oxygen atoms in total. The highest BCUT2D eigenvalue weighted by Crippen LogP contribution is 2.65. The monoisotopic (exact) mass is 318 g/mol. The van der Waals surface area contributed by atoms with Crippen molar-refractivity contribution in [2.24, 2.45) is 40.9 Å². The van der Waals surface area contributed by atoms with Gasteiger partial charge in [0.1, 0.15) is 11.6 Å². The molecular formula is C20H30O3. The molecule has 4 aliphatic rings. The maximum Gasteiger partial charge on any atom is 0.143 e. The average Bonchev–Trinajstić information content (AvgIpc) is 2.93. The number of carbonyl (C=O) groups excluding carboxylic acids is 2. The van der Waals surface area contributed by atoms with E-state index in [1.807, 2.05) is 6.92 Å². The van der Waals surface area contributed by atoms with E-state index in [-0.39, 0.29) is 22.9 Å². The zero-order chi connectivity index (χ0) is 16.6. The molecule has 0 heterocycles. The van der Waals surface area contributed by atoms with E-state index in [1.165, 1.54) is 0 Å². The molecule has 8 atom stereocenters. The van der Waals surface area contributed by atoms with Crippen LogP contribution in [0.15, 0.2) is 0 Å². The summed E-state index contributed by atoms with van der Waals surface area (Å²) < 4.78 is 0. The number of carbonyl (C=O) groups is 2. The average molecular weight is 318 g/mol. The lowest BCUT2D eigenvalue weighted by Crippen LogP contribution is -2.51. The molecule has 3 heteroatoms. The number of hydrogen-bond donors (Lipinski definition) is 1. The summed E-state index contributed by atoms with van der Waals surface area (Å²) in [5, 5.41) is 11.0. The summed E-state index contributed by atoms with van der Waals surface area (Å²) in [7, 11) is 0. The molecule has 4 fully saturated rings. The molecule has 128 valence electrons. The summed E-state index contributed by atoms with van der Waals surface area (Å²) in [6, 6.07) is 0. The Kier molecular flexibility index (Phi) is 3.37. The fraction of sp³-hybridized carbons (Fsp3) is 0.900. The first-order chi connectivity index (χ1) is 10.8. The van der Waals surface area contributed by atoms with Crippen LogP contribution in [-0.2, 0) is 9.59 Å². The van der Waals surface area contributed by atoms with Gasteiger partial charge in [-0.1, -0.05) is 13.8 Å². The molecule has 1 N–H and O–H groups in total. The lowest BCUT2D eigenvalue weighted by Gasteiger charge is -2.53. The van der Waals surface area contributed by atoms with E-state index in [9.17, 15) is 14.7 Å². The van der Waals surface area contributed by atoms with Gasteiger partial charge in [0.05, 0.1) is 11.5 Å². The number of rotatable bonds is 0. The van der Waals surface area contributed by atoms with Gasteiger partial charge in [-0.15, -0.1) is 0 Å². The van der Waals surface area contributed by atoms with Crippen LogP contribution < -0.4 is 0 Å². The molecular weight excluding hydrogens is 288 g/mol. The molecule has 0 amide bonds. The Hall–Kier alpha value is -0.700. The third kappa shape index (κ3) is 1.98.